The van der Waals surface area contributed by atoms with Gasteiger partial charge in [-0.15, -0.1) is 0 Å². The largest absolute Gasteiger partial charge is 0.465 e. The van der Waals surface area contributed by atoms with Gasteiger partial charge < -0.3 is 9.63 Å². The van der Waals surface area contributed by atoms with Crippen LogP contribution in [0.3, 0.4) is 0 Å². The Kier molecular flexibility index (Phi) is 1.33. The van der Waals surface area contributed by atoms with E-state index in [2.05, 4.69) is 5.16 Å². The normalized spacial score (nSPS) is 21.1. The van der Waals surface area contributed by atoms with Crippen LogP contribution in [0.5, 0.6) is 0 Å². The summed E-state index contributed by atoms with van der Waals surface area (Å²) in [5.74, 6) is 0.657. The van der Waals surface area contributed by atoms with Crippen molar-refractivity contribution in [1.82, 2.24) is 10.1 Å². The van der Waals surface area contributed by atoms with E-state index >= 15 is 0 Å². The van der Waals surface area contributed by atoms with E-state index in [1.165, 1.54) is 4.90 Å². The maximum atomic E-state index is 10.6. The van der Waals surface area contributed by atoms with Gasteiger partial charge in [0.15, 0.2) is 5.76 Å². The molecule has 12 heavy (non-hydrogen) atoms. The molecule has 0 fully saturated rings. The van der Waals surface area contributed by atoms with Gasteiger partial charge in [0.25, 0.3) is 0 Å². The van der Waals surface area contributed by atoms with Crippen molar-refractivity contribution in [3.05, 3.63) is 17.5 Å². The Labute approximate surface area is 68.6 Å². The molecule has 1 unspecified atom stereocenters. The molecule has 1 aromatic rings. The van der Waals surface area contributed by atoms with Gasteiger partial charge in [0.2, 0.25) is 0 Å². The van der Waals surface area contributed by atoms with Crippen molar-refractivity contribution >= 4 is 6.09 Å². The molecule has 0 saturated heterocycles. The second kappa shape index (κ2) is 2.23. The lowest BCUT2D eigenvalue weighted by molar-refractivity contribution is 0.128. The average Bonchev–Trinajstić information content (AvgIpc) is 2.53. The lowest BCUT2D eigenvalue weighted by atomic mass is 10.2. The van der Waals surface area contributed by atoms with Crippen LogP contribution in [-0.2, 0) is 6.54 Å². The zero-order chi connectivity index (χ0) is 8.72. The summed E-state index contributed by atoms with van der Waals surface area (Å²) in [6.45, 7) is 2.13. The van der Waals surface area contributed by atoms with Crippen molar-refractivity contribution in [3.8, 4) is 0 Å². The first-order valence-electron chi connectivity index (χ1n) is 3.63. The number of hydrogen-bond acceptors (Lipinski definition) is 3. The Morgan fingerprint density at radius 2 is 2.67 bits per heavy atom. The van der Waals surface area contributed by atoms with Crippen LogP contribution in [0.1, 0.15) is 24.3 Å². The zero-order valence-corrected chi connectivity index (χ0v) is 6.52. The van der Waals surface area contributed by atoms with E-state index in [9.17, 15) is 4.79 Å². The molecule has 1 N–H and O–H groups in total. The summed E-state index contributed by atoms with van der Waals surface area (Å²) in [5.41, 5.74) is 0.873. The number of aromatic nitrogens is 1. The Morgan fingerprint density at radius 1 is 1.92 bits per heavy atom. The molecule has 1 atom stereocenters. The molecule has 0 radical (unpaired) electrons. The molecule has 0 saturated carbocycles. The molecular weight excluding hydrogens is 160 g/mol. The molecule has 5 nitrogen and oxygen atoms in total. The number of carbonyl (C=O) groups is 1. The third-order valence-corrected chi connectivity index (χ3v) is 2.15. The highest BCUT2D eigenvalue weighted by Gasteiger charge is 2.33. The predicted molar refractivity (Wildman–Crippen MR) is 38.5 cm³/mol. The first-order chi connectivity index (χ1) is 5.70. The molecule has 0 bridgehead atoms. The van der Waals surface area contributed by atoms with E-state index in [4.69, 9.17) is 9.63 Å². The molecule has 2 rings (SSSR count). The third-order valence-electron chi connectivity index (χ3n) is 2.15. The number of hydrogen-bond donors (Lipinski definition) is 1. The highest BCUT2D eigenvalue weighted by atomic mass is 16.5. The van der Waals surface area contributed by atoms with Crippen molar-refractivity contribution in [3.63, 3.8) is 0 Å². The maximum absolute atomic E-state index is 10.6. The van der Waals surface area contributed by atoms with E-state index in [1.54, 1.807) is 6.20 Å². The summed E-state index contributed by atoms with van der Waals surface area (Å²) in [7, 11) is 0. The van der Waals surface area contributed by atoms with Gasteiger partial charge in [0.05, 0.1) is 18.8 Å². The van der Waals surface area contributed by atoms with Crippen molar-refractivity contribution in [1.29, 1.82) is 0 Å². The zero-order valence-electron chi connectivity index (χ0n) is 6.52. The van der Waals surface area contributed by atoms with Crippen molar-refractivity contribution in [2.24, 2.45) is 0 Å². The van der Waals surface area contributed by atoms with Crippen LogP contribution in [-0.4, -0.2) is 21.3 Å². The van der Waals surface area contributed by atoms with Gasteiger partial charge >= 0.3 is 6.09 Å². The van der Waals surface area contributed by atoms with Crippen molar-refractivity contribution in [2.75, 3.05) is 0 Å². The monoisotopic (exact) mass is 168 g/mol. The molecular formula is C7H8N2O3. The van der Waals surface area contributed by atoms with Crippen LogP contribution in [0.15, 0.2) is 10.7 Å². The number of rotatable bonds is 0. The first-order valence-corrected chi connectivity index (χ1v) is 3.63. The third kappa shape index (κ3) is 0.792. The van der Waals surface area contributed by atoms with Crippen LogP contribution in [0, 0.1) is 0 Å². The molecule has 1 amide bonds. The van der Waals surface area contributed by atoms with E-state index < -0.39 is 6.09 Å². The number of amides is 1. The number of fused-ring (bicyclic) bond motifs is 1. The molecule has 2 heterocycles. The van der Waals surface area contributed by atoms with Crippen molar-refractivity contribution in [2.45, 2.75) is 19.5 Å². The molecule has 0 aliphatic carbocycles. The van der Waals surface area contributed by atoms with Gasteiger partial charge in [0.1, 0.15) is 0 Å². The second-order valence-electron chi connectivity index (χ2n) is 2.79. The van der Waals surface area contributed by atoms with Crippen LogP contribution >= 0.6 is 0 Å². The summed E-state index contributed by atoms with van der Waals surface area (Å²) in [6.07, 6.45) is 0.650. The van der Waals surface area contributed by atoms with E-state index in [0.29, 0.717) is 12.3 Å². The first kappa shape index (κ1) is 7.15. The fraction of sp³-hybridized carbons (Fsp3) is 0.429. The van der Waals surface area contributed by atoms with E-state index in [0.717, 1.165) is 5.56 Å². The SMILES string of the molecule is CC1c2cnoc2CN1C(=O)O. The molecule has 1 aliphatic heterocycles. The maximum Gasteiger partial charge on any atom is 0.408 e. The quantitative estimate of drug-likeness (QED) is 0.632. The summed E-state index contributed by atoms with van der Waals surface area (Å²) in [4.78, 5) is 12.0. The van der Waals surface area contributed by atoms with Gasteiger partial charge in [-0.05, 0) is 6.92 Å². The topological polar surface area (TPSA) is 66.6 Å². The summed E-state index contributed by atoms with van der Waals surface area (Å²) < 4.78 is 4.87. The van der Waals surface area contributed by atoms with Gasteiger partial charge in [-0.3, -0.25) is 4.90 Å². The molecule has 5 heteroatoms. The van der Waals surface area contributed by atoms with Gasteiger partial charge in [0, 0.05) is 5.56 Å². The highest BCUT2D eigenvalue weighted by Crippen LogP contribution is 2.32. The highest BCUT2D eigenvalue weighted by molar-refractivity contribution is 5.66. The number of nitrogens with zero attached hydrogens (tertiary/aromatic N) is 2. The van der Waals surface area contributed by atoms with Gasteiger partial charge in [-0.2, -0.15) is 0 Å². The minimum absolute atomic E-state index is 0.135. The van der Waals surface area contributed by atoms with E-state index in [-0.39, 0.29) is 6.04 Å². The summed E-state index contributed by atoms with van der Waals surface area (Å²) in [5, 5.41) is 12.3. The summed E-state index contributed by atoms with van der Waals surface area (Å²) in [6, 6.07) is -0.135. The molecule has 0 aromatic carbocycles. The molecule has 1 aliphatic rings. The Hall–Kier alpha value is -1.52. The Morgan fingerprint density at radius 3 is 3.25 bits per heavy atom. The van der Waals surface area contributed by atoms with Crippen LogP contribution in [0.25, 0.3) is 0 Å². The standard InChI is InChI=1S/C7H8N2O3/c1-4-5-2-8-12-6(5)3-9(4)7(10)11/h2,4H,3H2,1H3,(H,10,11). The Balaban J connectivity index is 2.32. The fourth-order valence-electron chi connectivity index (χ4n) is 1.43. The average molecular weight is 168 g/mol. The number of carboxylic acid groups (broad SMARTS) is 1. The minimum Gasteiger partial charge on any atom is -0.465 e. The molecule has 1 aromatic heterocycles. The van der Waals surface area contributed by atoms with Crippen LogP contribution in [0.2, 0.25) is 0 Å². The fourth-order valence-corrected chi connectivity index (χ4v) is 1.43. The second-order valence-corrected chi connectivity index (χ2v) is 2.79. The lowest BCUT2D eigenvalue weighted by Gasteiger charge is -2.16. The Bertz CT molecular complexity index is 320. The molecule has 64 valence electrons. The van der Waals surface area contributed by atoms with Crippen LogP contribution in [0.4, 0.5) is 4.79 Å². The van der Waals surface area contributed by atoms with Crippen molar-refractivity contribution < 1.29 is 14.4 Å². The van der Waals surface area contributed by atoms with E-state index in [1.807, 2.05) is 6.92 Å². The van der Waals surface area contributed by atoms with Crippen LogP contribution < -0.4 is 0 Å². The molecule has 0 spiro atoms. The van der Waals surface area contributed by atoms with Gasteiger partial charge in [-0.25, -0.2) is 4.79 Å². The summed E-state index contributed by atoms with van der Waals surface area (Å²) >= 11 is 0. The smallest absolute Gasteiger partial charge is 0.408 e. The lowest BCUT2D eigenvalue weighted by Crippen LogP contribution is -2.26. The predicted octanol–water partition coefficient (Wildman–Crippen LogP) is 1.23. The minimum atomic E-state index is -0.922. The van der Waals surface area contributed by atoms with Gasteiger partial charge in [-0.1, -0.05) is 5.16 Å².